The lowest BCUT2D eigenvalue weighted by Gasteiger charge is -2.27. The Hall–Kier alpha value is -1.88. The van der Waals surface area contributed by atoms with Crippen molar-refractivity contribution in [2.24, 2.45) is 0 Å². The Morgan fingerprint density at radius 2 is 2.04 bits per heavy atom. The lowest BCUT2D eigenvalue weighted by atomic mass is 9.99. The van der Waals surface area contributed by atoms with Crippen LogP contribution in [0, 0.1) is 0 Å². The minimum atomic E-state index is 0.0703. The normalized spacial score (nSPS) is 21.2. The van der Waals surface area contributed by atoms with E-state index in [4.69, 9.17) is 12.2 Å². The summed E-state index contributed by atoms with van der Waals surface area (Å²) in [5.74, 6) is 0. The van der Waals surface area contributed by atoms with Crippen LogP contribution in [0.3, 0.4) is 0 Å². The topological polar surface area (TPSA) is 33.1 Å². The van der Waals surface area contributed by atoms with Gasteiger partial charge in [-0.05, 0) is 63.2 Å². The van der Waals surface area contributed by atoms with Gasteiger partial charge in [0, 0.05) is 30.7 Å². The molecule has 2 atom stereocenters. The molecule has 3 rings (SSSR count). The highest BCUT2D eigenvalue weighted by Crippen LogP contribution is 2.39. The molecule has 1 N–H and O–H groups in total. The first kappa shape index (κ1) is 17.0. The van der Waals surface area contributed by atoms with Crippen LogP contribution in [0.25, 0.3) is 0 Å². The molecular formula is C19H26N4S. The third-order valence-electron chi connectivity index (χ3n) is 4.49. The second kappa shape index (κ2) is 6.55. The Bertz CT molecular complexity index is 702. The minimum Gasteiger partial charge on any atom is -0.352 e. The van der Waals surface area contributed by atoms with Crippen LogP contribution in [-0.2, 0) is 5.54 Å². The van der Waals surface area contributed by atoms with Gasteiger partial charge in [-0.3, -0.25) is 4.98 Å². The van der Waals surface area contributed by atoms with E-state index >= 15 is 0 Å². The van der Waals surface area contributed by atoms with Gasteiger partial charge in [-0.2, -0.15) is 0 Å². The van der Waals surface area contributed by atoms with Crippen molar-refractivity contribution in [1.82, 2.24) is 19.8 Å². The monoisotopic (exact) mass is 342 g/mol. The molecule has 2 aromatic rings. The van der Waals surface area contributed by atoms with E-state index < -0.39 is 0 Å². The maximum Gasteiger partial charge on any atom is 0.170 e. The molecule has 0 amide bonds. The molecule has 5 heteroatoms. The van der Waals surface area contributed by atoms with E-state index in [-0.39, 0.29) is 17.6 Å². The summed E-state index contributed by atoms with van der Waals surface area (Å²) in [6.45, 7) is 9.78. The van der Waals surface area contributed by atoms with Gasteiger partial charge in [0.15, 0.2) is 5.11 Å². The molecule has 0 bridgehead atoms. The Labute approximate surface area is 149 Å². The minimum absolute atomic E-state index is 0.0703. The number of nitrogens with one attached hydrogen (secondary N) is 1. The quantitative estimate of drug-likeness (QED) is 0.851. The number of hydrogen-bond acceptors (Lipinski definition) is 2. The van der Waals surface area contributed by atoms with E-state index in [0.29, 0.717) is 0 Å². The highest BCUT2D eigenvalue weighted by atomic mass is 32.1. The third-order valence-corrected chi connectivity index (χ3v) is 4.85. The molecule has 24 heavy (non-hydrogen) atoms. The van der Waals surface area contributed by atoms with Crippen molar-refractivity contribution in [3.05, 3.63) is 54.1 Å². The lowest BCUT2D eigenvalue weighted by Crippen LogP contribution is -2.30. The summed E-state index contributed by atoms with van der Waals surface area (Å²) < 4.78 is 2.27. The summed E-state index contributed by atoms with van der Waals surface area (Å²) in [6, 6.07) is 8.53. The lowest BCUT2D eigenvalue weighted by molar-refractivity contribution is 0.316. The fourth-order valence-corrected chi connectivity index (χ4v) is 3.59. The van der Waals surface area contributed by atoms with Gasteiger partial charge in [-0.25, -0.2) is 0 Å². The second-order valence-electron chi connectivity index (χ2n) is 7.34. The molecule has 128 valence electrons. The van der Waals surface area contributed by atoms with Crippen molar-refractivity contribution in [2.75, 3.05) is 6.54 Å². The number of aromatic nitrogens is 2. The SMILES string of the molecule is CCCN1C(=S)N[C@H](c2ccccn2)[C@H]1c1ccn(C(C)(C)C)c1. The molecule has 3 heterocycles. The Morgan fingerprint density at radius 1 is 1.25 bits per heavy atom. The predicted molar refractivity (Wildman–Crippen MR) is 102 cm³/mol. The fraction of sp³-hybridized carbons (Fsp3) is 0.474. The van der Waals surface area contributed by atoms with Gasteiger partial charge in [0.25, 0.3) is 0 Å². The van der Waals surface area contributed by atoms with Crippen molar-refractivity contribution in [1.29, 1.82) is 0 Å². The first-order valence-electron chi connectivity index (χ1n) is 8.58. The number of nitrogens with zero attached hydrogens (tertiary/aromatic N) is 3. The zero-order chi connectivity index (χ0) is 17.3. The standard InChI is InChI=1S/C19H26N4S/c1-5-11-23-17(14-9-12-22(13-14)19(2,3)4)16(21-18(23)24)15-8-6-7-10-20-15/h6-10,12-13,16-17H,5,11H2,1-4H3,(H,21,24)/t16-,17-/m1/s1. The molecule has 1 aliphatic rings. The van der Waals surface area contributed by atoms with Crippen LogP contribution in [-0.4, -0.2) is 26.1 Å². The van der Waals surface area contributed by atoms with Crippen LogP contribution in [0.1, 0.15) is 57.5 Å². The molecule has 0 radical (unpaired) electrons. The molecular weight excluding hydrogens is 316 g/mol. The van der Waals surface area contributed by atoms with Crippen LogP contribution in [0.2, 0.25) is 0 Å². The summed E-state index contributed by atoms with van der Waals surface area (Å²) in [4.78, 5) is 6.87. The molecule has 1 saturated heterocycles. The van der Waals surface area contributed by atoms with E-state index in [1.165, 1.54) is 5.56 Å². The third kappa shape index (κ3) is 3.18. The number of pyridine rings is 1. The van der Waals surface area contributed by atoms with Gasteiger partial charge in [-0.1, -0.05) is 13.0 Å². The number of hydrogen-bond donors (Lipinski definition) is 1. The molecule has 0 saturated carbocycles. The van der Waals surface area contributed by atoms with Gasteiger partial charge in [0.05, 0.1) is 17.8 Å². The Balaban J connectivity index is 2.01. The second-order valence-corrected chi connectivity index (χ2v) is 7.73. The maximum atomic E-state index is 5.62. The highest BCUT2D eigenvalue weighted by Gasteiger charge is 2.39. The fourth-order valence-electron chi connectivity index (χ4n) is 3.26. The van der Waals surface area contributed by atoms with E-state index in [1.807, 2.05) is 18.3 Å². The summed E-state index contributed by atoms with van der Waals surface area (Å²) in [5, 5.41) is 4.31. The largest absolute Gasteiger partial charge is 0.352 e. The smallest absolute Gasteiger partial charge is 0.170 e. The summed E-state index contributed by atoms with van der Waals surface area (Å²) in [7, 11) is 0. The number of thiocarbonyl (C=S) groups is 1. The first-order chi connectivity index (χ1) is 11.4. The van der Waals surface area contributed by atoms with Crippen molar-refractivity contribution in [2.45, 2.75) is 51.7 Å². The van der Waals surface area contributed by atoms with E-state index in [0.717, 1.165) is 23.8 Å². The highest BCUT2D eigenvalue weighted by molar-refractivity contribution is 7.80. The van der Waals surface area contributed by atoms with E-state index in [1.54, 1.807) is 0 Å². The summed E-state index contributed by atoms with van der Waals surface area (Å²) in [6.07, 6.45) is 7.32. The van der Waals surface area contributed by atoms with Crippen LogP contribution in [0.4, 0.5) is 0 Å². The predicted octanol–water partition coefficient (Wildman–Crippen LogP) is 4.02. The van der Waals surface area contributed by atoms with Gasteiger partial charge in [0.1, 0.15) is 0 Å². The Morgan fingerprint density at radius 3 is 2.62 bits per heavy atom. The van der Waals surface area contributed by atoms with Crippen LogP contribution in [0.5, 0.6) is 0 Å². The summed E-state index contributed by atoms with van der Waals surface area (Å²) >= 11 is 5.62. The molecule has 0 aromatic carbocycles. The van der Waals surface area contributed by atoms with Crippen LogP contribution >= 0.6 is 12.2 Å². The van der Waals surface area contributed by atoms with Crippen LogP contribution in [0.15, 0.2) is 42.9 Å². The average molecular weight is 343 g/mol. The molecule has 0 aliphatic carbocycles. The molecule has 0 unspecified atom stereocenters. The molecule has 0 spiro atoms. The molecule has 4 nitrogen and oxygen atoms in total. The van der Waals surface area contributed by atoms with Gasteiger partial charge in [0.2, 0.25) is 0 Å². The van der Waals surface area contributed by atoms with Crippen molar-refractivity contribution < 1.29 is 0 Å². The van der Waals surface area contributed by atoms with Gasteiger partial charge >= 0.3 is 0 Å². The number of rotatable bonds is 4. The first-order valence-corrected chi connectivity index (χ1v) is 8.99. The molecule has 1 fully saturated rings. The zero-order valence-corrected chi connectivity index (χ0v) is 15.7. The van der Waals surface area contributed by atoms with Crippen molar-refractivity contribution in [3.63, 3.8) is 0 Å². The van der Waals surface area contributed by atoms with Gasteiger partial charge < -0.3 is 14.8 Å². The van der Waals surface area contributed by atoms with E-state index in [9.17, 15) is 0 Å². The summed E-state index contributed by atoms with van der Waals surface area (Å²) in [5.41, 5.74) is 2.38. The maximum absolute atomic E-state index is 5.62. The van der Waals surface area contributed by atoms with Crippen molar-refractivity contribution >= 4 is 17.3 Å². The van der Waals surface area contributed by atoms with Crippen LogP contribution < -0.4 is 5.32 Å². The van der Waals surface area contributed by atoms with Crippen molar-refractivity contribution in [3.8, 4) is 0 Å². The zero-order valence-electron chi connectivity index (χ0n) is 14.9. The molecule has 1 aliphatic heterocycles. The Kier molecular flexibility index (Phi) is 4.63. The van der Waals surface area contributed by atoms with Gasteiger partial charge in [-0.15, -0.1) is 0 Å². The van der Waals surface area contributed by atoms with E-state index in [2.05, 4.69) is 72.0 Å². The molecule has 2 aromatic heterocycles. The average Bonchev–Trinajstić information content (AvgIpc) is 3.14.